The van der Waals surface area contributed by atoms with E-state index in [9.17, 15) is 4.79 Å². The summed E-state index contributed by atoms with van der Waals surface area (Å²) in [6.45, 7) is 2.13. The fourth-order valence-electron chi connectivity index (χ4n) is 1.77. The lowest BCUT2D eigenvalue weighted by Crippen LogP contribution is -2.17. The Morgan fingerprint density at radius 3 is 2.06 bits per heavy atom. The number of carboxylic acids is 1. The molecule has 0 bridgehead atoms. The molecule has 3 N–H and O–H groups in total. The van der Waals surface area contributed by atoms with E-state index in [0.29, 0.717) is 12.5 Å². The molecule has 0 heterocycles. The topological polar surface area (TPSA) is 63.3 Å². The van der Waals surface area contributed by atoms with Crippen LogP contribution in [0, 0.1) is 0 Å². The molecular weight excluding hydrogens is 202 g/mol. The molecule has 1 atom stereocenters. The van der Waals surface area contributed by atoms with Gasteiger partial charge in [-0.3, -0.25) is 4.79 Å². The predicted octanol–water partition coefficient (Wildman–Crippen LogP) is 3.32. The number of aliphatic carboxylic acids is 1. The first-order valence-electron chi connectivity index (χ1n) is 6.64. The first-order valence-corrected chi connectivity index (χ1v) is 6.64. The summed E-state index contributed by atoms with van der Waals surface area (Å²) in [5.41, 5.74) is 5.83. The van der Waals surface area contributed by atoms with Gasteiger partial charge in [-0.1, -0.05) is 45.4 Å². The summed E-state index contributed by atoms with van der Waals surface area (Å²) >= 11 is 0. The van der Waals surface area contributed by atoms with E-state index in [4.69, 9.17) is 10.8 Å². The number of hydrogen-bond acceptors (Lipinski definition) is 2. The Bertz CT molecular complexity index is 171. The lowest BCUT2D eigenvalue weighted by Gasteiger charge is -2.07. The molecule has 0 amide bonds. The minimum absolute atomic E-state index is 0.325. The SMILES string of the molecule is CCC(N)CCCCCCCCCC(=O)O. The summed E-state index contributed by atoms with van der Waals surface area (Å²) in [5.74, 6) is -0.673. The second kappa shape index (κ2) is 10.9. The van der Waals surface area contributed by atoms with E-state index >= 15 is 0 Å². The van der Waals surface area contributed by atoms with Crippen molar-refractivity contribution in [3.8, 4) is 0 Å². The van der Waals surface area contributed by atoms with Crippen LogP contribution in [0.25, 0.3) is 0 Å². The zero-order valence-corrected chi connectivity index (χ0v) is 10.6. The fraction of sp³-hybridized carbons (Fsp3) is 0.923. The normalized spacial score (nSPS) is 12.6. The molecule has 1 unspecified atom stereocenters. The van der Waals surface area contributed by atoms with E-state index in [2.05, 4.69) is 6.92 Å². The molecule has 0 aliphatic rings. The zero-order valence-electron chi connectivity index (χ0n) is 10.6. The van der Waals surface area contributed by atoms with E-state index in [0.717, 1.165) is 25.7 Å². The van der Waals surface area contributed by atoms with E-state index in [1.165, 1.54) is 32.1 Å². The van der Waals surface area contributed by atoms with E-state index in [1.807, 2.05) is 0 Å². The monoisotopic (exact) mass is 229 g/mol. The average molecular weight is 229 g/mol. The third-order valence-electron chi connectivity index (χ3n) is 2.99. The smallest absolute Gasteiger partial charge is 0.303 e. The van der Waals surface area contributed by atoms with Gasteiger partial charge in [-0.05, 0) is 19.3 Å². The van der Waals surface area contributed by atoms with Crippen molar-refractivity contribution >= 4 is 5.97 Å². The quantitative estimate of drug-likeness (QED) is 0.534. The lowest BCUT2D eigenvalue weighted by atomic mass is 10.0. The molecule has 0 fully saturated rings. The summed E-state index contributed by atoms with van der Waals surface area (Å²) in [5, 5.41) is 8.45. The molecule has 16 heavy (non-hydrogen) atoms. The molecule has 0 radical (unpaired) electrons. The molecular formula is C13H27NO2. The highest BCUT2D eigenvalue weighted by Gasteiger charge is 1.99. The summed E-state index contributed by atoms with van der Waals surface area (Å²) in [7, 11) is 0. The molecule has 0 aromatic heterocycles. The van der Waals surface area contributed by atoms with Crippen molar-refractivity contribution in [2.45, 2.75) is 77.2 Å². The number of rotatable bonds is 11. The molecule has 3 nitrogen and oxygen atoms in total. The average Bonchev–Trinajstić information content (AvgIpc) is 2.26. The summed E-state index contributed by atoms with van der Waals surface area (Å²) in [6.07, 6.45) is 10.6. The molecule has 3 heteroatoms. The lowest BCUT2D eigenvalue weighted by molar-refractivity contribution is -0.137. The van der Waals surface area contributed by atoms with Gasteiger partial charge in [-0.25, -0.2) is 0 Å². The Morgan fingerprint density at radius 2 is 1.56 bits per heavy atom. The van der Waals surface area contributed by atoms with Crippen LogP contribution >= 0.6 is 0 Å². The molecule has 0 rings (SSSR count). The van der Waals surface area contributed by atoms with Crippen molar-refractivity contribution in [3.63, 3.8) is 0 Å². The Kier molecular flexibility index (Phi) is 10.5. The minimum atomic E-state index is -0.673. The predicted molar refractivity (Wildman–Crippen MR) is 67.5 cm³/mol. The molecule has 0 aromatic carbocycles. The van der Waals surface area contributed by atoms with Gasteiger partial charge in [0.05, 0.1) is 0 Å². The maximum absolute atomic E-state index is 10.3. The molecule has 0 aromatic rings. The van der Waals surface area contributed by atoms with Crippen LogP contribution in [0.5, 0.6) is 0 Å². The largest absolute Gasteiger partial charge is 0.481 e. The Balaban J connectivity index is 3.01. The molecule has 0 saturated heterocycles. The summed E-state index contributed by atoms with van der Waals surface area (Å²) in [4.78, 5) is 10.3. The van der Waals surface area contributed by atoms with Gasteiger partial charge in [-0.2, -0.15) is 0 Å². The van der Waals surface area contributed by atoms with Gasteiger partial charge in [-0.15, -0.1) is 0 Å². The molecule has 0 saturated carbocycles. The zero-order chi connectivity index (χ0) is 12.2. The summed E-state index contributed by atoms with van der Waals surface area (Å²) in [6, 6.07) is 0.385. The second-order valence-corrected chi connectivity index (χ2v) is 4.58. The highest BCUT2D eigenvalue weighted by molar-refractivity contribution is 5.66. The van der Waals surface area contributed by atoms with Crippen LogP contribution in [0.3, 0.4) is 0 Å². The van der Waals surface area contributed by atoms with Crippen LogP contribution < -0.4 is 5.73 Å². The fourth-order valence-corrected chi connectivity index (χ4v) is 1.77. The number of unbranched alkanes of at least 4 members (excludes halogenated alkanes) is 6. The van der Waals surface area contributed by atoms with Gasteiger partial charge in [0.1, 0.15) is 0 Å². The van der Waals surface area contributed by atoms with Crippen molar-refractivity contribution in [3.05, 3.63) is 0 Å². The van der Waals surface area contributed by atoms with E-state index in [1.54, 1.807) is 0 Å². The van der Waals surface area contributed by atoms with Gasteiger partial charge < -0.3 is 10.8 Å². The van der Waals surface area contributed by atoms with Crippen molar-refractivity contribution in [2.24, 2.45) is 5.73 Å². The maximum atomic E-state index is 10.3. The van der Waals surface area contributed by atoms with Crippen LogP contribution in [0.15, 0.2) is 0 Å². The standard InChI is InChI=1S/C13H27NO2/c1-2-12(14)10-8-6-4-3-5-7-9-11-13(15)16/h12H,2-11,14H2,1H3,(H,15,16). The van der Waals surface area contributed by atoms with Crippen LogP contribution in [-0.2, 0) is 4.79 Å². The van der Waals surface area contributed by atoms with E-state index < -0.39 is 5.97 Å². The van der Waals surface area contributed by atoms with E-state index in [-0.39, 0.29) is 0 Å². The van der Waals surface area contributed by atoms with Gasteiger partial charge in [0.15, 0.2) is 0 Å². The number of carboxylic acid groups (broad SMARTS) is 1. The highest BCUT2D eigenvalue weighted by Crippen LogP contribution is 2.10. The summed E-state index contributed by atoms with van der Waals surface area (Å²) < 4.78 is 0. The third-order valence-corrected chi connectivity index (χ3v) is 2.99. The van der Waals surface area contributed by atoms with Crippen molar-refractivity contribution < 1.29 is 9.90 Å². The maximum Gasteiger partial charge on any atom is 0.303 e. The van der Waals surface area contributed by atoms with Crippen LogP contribution in [-0.4, -0.2) is 17.1 Å². The minimum Gasteiger partial charge on any atom is -0.481 e. The first kappa shape index (κ1) is 15.4. The number of carbonyl (C=O) groups is 1. The van der Waals surface area contributed by atoms with Gasteiger partial charge in [0, 0.05) is 12.5 Å². The van der Waals surface area contributed by atoms with Crippen molar-refractivity contribution in [2.75, 3.05) is 0 Å². The number of nitrogens with two attached hydrogens (primary N) is 1. The molecule has 96 valence electrons. The molecule has 0 spiro atoms. The Morgan fingerprint density at radius 1 is 1.06 bits per heavy atom. The second-order valence-electron chi connectivity index (χ2n) is 4.58. The van der Waals surface area contributed by atoms with Gasteiger partial charge in [0.25, 0.3) is 0 Å². The van der Waals surface area contributed by atoms with Gasteiger partial charge in [0.2, 0.25) is 0 Å². The Labute approximate surface area is 99.4 Å². The van der Waals surface area contributed by atoms with Crippen molar-refractivity contribution in [1.29, 1.82) is 0 Å². The van der Waals surface area contributed by atoms with Crippen molar-refractivity contribution in [1.82, 2.24) is 0 Å². The van der Waals surface area contributed by atoms with Crippen LogP contribution in [0.1, 0.15) is 71.1 Å². The van der Waals surface area contributed by atoms with Crippen LogP contribution in [0.2, 0.25) is 0 Å². The van der Waals surface area contributed by atoms with Crippen LogP contribution in [0.4, 0.5) is 0 Å². The first-order chi connectivity index (χ1) is 7.66. The Hall–Kier alpha value is -0.570. The molecule has 0 aliphatic heterocycles. The van der Waals surface area contributed by atoms with Gasteiger partial charge >= 0.3 is 5.97 Å². The number of hydrogen-bond donors (Lipinski definition) is 2. The molecule has 0 aliphatic carbocycles. The highest BCUT2D eigenvalue weighted by atomic mass is 16.4. The third kappa shape index (κ3) is 11.5.